The first-order valence-corrected chi connectivity index (χ1v) is 8.01. The van der Waals surface area contributed by atoms with Gasteiger partial charge in [0.05, 0.1) is 33.2 Å². The lowest BCUT2D eigenvalue weighted by Crippen LogP contribution is -2.12. The second-order valence-electron chi connectivity index (χ2n) is 5.15. The predicted octanol–water partition coefficient (Wildman–Crippen LogP) is 5.52. The van der Waals surface area contributed by atoms with Gasteiger partial charge in [-0.2, -0.15) is 0 Å². The SMILES string of the molecule is O=C(Nc1ccc(Cl)c(Cl)c1)c1cncc(Nc2ccccc2F)c1. The number of carbonyl (C=O) groups excluding carboxylic acids is 1. The molecular weight excluding hydrogens is 364 g/mol. The van der Waals surface area contributed by atoms with E-state index in [0.717, 1.165) is 0 Å². The molecule has 4 nitrogen and oxygen atoms in total. The lowest BCUT2D eigenvalue weighted by Gasteiger charge is -2.09. The number of halogens is 3. The standard InChI is InChI=1S/C18H12Cl2FN3O/c19-14-6-5-12(8-15(14)20)24-18(25)11-7-13(10-22-9-11)23-17-4-2-1-3-16(17)21/h1-10,23H,(H,24,25). The Morgan fingerprint density at radius 3 is 2.52 bits per heavy atom. The lowest BCUT2D eigenvalue weighted by molar-refractivity contribution is 0.102. The molecule has 0 saturated heterocycles. The molecule has 126 valence electrons. The summed E-state index contributed by atoms with van der Waals surface area (Å²) in [5, 5.41) is 6.34. The number of nitrogens with one attached hydrogen (secondary N) is 2. The first-order valence-electron chi connectivity index (χ1n) is 7.26. The Morgan fingerprint density at radius 2 is 1.76 bits per heavy atom. The summed E-state index contributed by atoms with van der Waals surface area (Å²) in [7, 11) is 0. The normalized spacial score (nSPS) is 10.4. The second kappa shape index (κ2) is 7.51. The topological polar surface area (TPSA) is 54.0 Å². The molecule has 3 aromatic rings. The smallest absolute Gasteiger partial charge is 0.257 e. The molecule has 0 fully saturated rings. The van der Waals surface area contributed by atoms with E-state index in [0.29, 0.717) is 32.7 Å². The monoisotopic (exact) mass is 375 g/mol. The fraction of sp³-hybridized carbons (Fsp3) is 0. The molecule has 0 atom stereocenters. The van der Waals surface area contributed by atoms with Crippen LogP contribution in [0.4, 0.5) is 21.5 Å². The molecule has 0 spiro atoms. The molecule has 2 aromatic carbocycles. The first-order chi connectivity index (χ1) is 12.0. The van der Waals surface area contributed by atoms with Gasteiger partial charge in [-0.15, -0.1) is 0 Å². The summed E-state index contributed by atoms with van der Waals surface area (Å²) < 4.78 is 13.7. The van der Waals surface area contributed by atoms with Gasteiger partial charge in [-0.1, -0.05) is 35.3 Å². The van der Waals surface area contributed by atoms with Crippen molar-refractivity contribution in [3.63, 3.8) is 0 Å². The van der Waals surface area contributed by atoms with Crippen molar-refractivity contribution in [1.29, 1.82) is 0 Å². The molecule has 0 bridgehead atoms. The Hall–Kier alpha value is -2.63. The molecule has 0 saturated carbocycles. The van der Waals surface area contributed by atoms with E-state index >= 15 is 0 Å². The van der Waals surface area contributed by atoms with E-state index in [1.165, 1.54) is 18.5 Å². The summed E-state index contributed by atoms with van der Waals surface area (Å²) >= 11 is 11.8. The van der Waals surface area contributed by atoms with E-state index in [4.69, 9.17) is 23.2 Å². The van der Waals surface area contributed by atoms with Crippen LogP contribution in [0.2, 0.25) is 10.0 Å². The highest BCUT2D eigenvalue weighted by molar-refractivity contribution is 6.42. The minimum Gasteiger partial charge on any atom is -0.352 e. The van der Waals surface area contributed by atoms with Gasteiger partial charge in [-0.3, -0.25) is 9.78 Å². The molecule has 0 unspecified atom stereocenters. The summed E-state index contributed by atoms with van der Waals surface area (Å²) in [5.74, 6) is -0.767. The predicted molar refractivity (Wildman–Crippen MR) is 98.3 cm³/mol. The van der Waals surface area contributed by atoms with E-state index in [-0.39, 0.29) is 5.91 Å². The summed E-state index contributed by atoms with van der Waals surface area (Å²) in [6.45, 7) is 0. The number of nitrogens with zero attached hydrogens (tertiary/aromatic N) is 1. The summed E-state index contributed by atoms with van der Waals surface area (Å²) in [6, 6.07) is 12.6. The van der Waals surface area contributed by atoms with E-state index in [1.807, 2.05) is 0 Å². The van der Waals surface area contributed by atoms with Gasteiger partial charge in [0.25, 0.3) is 5.91 Å². The van der Waals surface area contributed by atoms with Crippen LogP contribution < -0.4 is 10.6 Å². The Kier molecular flexibility index (Phi) is 5.16. The zero-order valence-electron chi connectivity index (χ0n) is 12.8. The van der Waals surface area contributed by atoms with E-state index in [2.05, 4.69) is 15.6 Å². The number of hydrogen-bond donors (Lipinski definition) is 2. The third-order valence-electron chi connectivity index (χ3n) is 3.33. The molecule has 7 heteroatoms. The molecule has 1 aromatic heterocycles. The van der Waals surface area contributed by atoms with Gasteiger partial charge in [0, 0.05) is 11.9 Å². The van der Waals surface area contributed by atoms with Gasteiger partial charge in [-0.25, -0.2) is 4.39 Å². The van der Waals surface area contributed by atoms with Crippen molar-refractivity contribution in [3.05, 3.63) is 82.4 Å². The maximum Gasteiger partial charge on any atom is 0.257 e. The highest BCUT2D eigenvalue weighted by Gasteiger charge is 2.10. The molecule has 0 aliphatic heterocycles. The molecular formula is C18H12Cl2FN3O. The minimum atomic E-state index is -0.395. The van der Waals surface area contributed by atoms with E-state index in [1.54, 1.807) is 42.5 Å². The van der Waals surface area contributed by atoms with Gasteiger partial charge < -0.3 is 10.6 Å². The third-order valence-corrected chi connectivity index (χ3v) is 4.07. The van der Waals surface area contributed by atoms with Gasteiger partial charge in [0.2, 0.25) is 0 Å². The Labute approximate surface area is 153 Å². The summed E-state index contributed by atoms with van der Waals surface area (Å²) in [5.41, 5.74) is 1.61. The zero-order chi connectivity index (χ0) is 17.8. The van der Waals surface area contributed by atoms with Crippen LogP contribution in [0, 0.1) is 5.82 Å². The van der Waals surface area contributed by atoms with Gasteiger partial charge in [0.1, 0.15) is 5.82 Å². The Balaban J connectivity index is 1.77. The number of aromatic nitrogens is 1. The fourth-order valence-electron chi connectivity index (χ4n) is 2.13. The largest absolute Gasteiger partial charge is 0.352 e. The average molecular weight is 376 g/mol. The van der Waals surface area contributed by atoms with E-state index in [9.17, 15) is 9.18 Å². The van der Waals surface area contributed by atoms with Crippen LogP contribution in [0.15, 0.2) is 60.9 Å². The second-order valence-corrected chi connectivity index (χ2v) is 5.96. The fourth-order valence-corrected chi connectivity index (χ4v) is 2.43. The summed E-state index contributed by atoms with van der Waals surface area (Å²) in [4.78, 5) is 16.4. The Bertz CT molecular complexity index is 934. The van der Waals surface area contributed by atoms with Gasteiger partial charge in [-0.05, 0) is 36.4 Å². The number of para-hydroxylation sites is 1. The van der Waals surface area contributed by atoms with Crippen molar-refractivity contribution < 1.29 is 9.18 Å². The average Bonchev–Trinajstić information content (AvgIpc) is 2.60. The highest BCUT2D eigenvalue weighted by Crippen LogP contribution is 2.25. The highest BCUT2D eigenvalue weighted by atomic mass is 35.5. The number of benzene rings is 2. The van der Waals surface area contributed by atoms with Crippen LogP contribution >= 0.6 is 23.2 Å². The van der Waals surface area contributed by atoms with Crippen molar-refractivity contribution in [2.24, 2.45) is 0 Å². The van der Waals surface area contributed by atoms with Crippen LogP contribution in [-0.2, 0) is 0 Å². The Morgan fingerprint density at radius 1 is 0.960 bits per heavy atom. The van der Waals surface area contributed by atoms with Crippen LogP contribution in [0.25, 0.3) is 0 Å². The van der Waals surface area contributed by atoms with Crippen LogP contribution in [0.5, 0.6) is 0 Å². The van der Waals surface area contributed by atoms with Crippen molar-refractivity contribution >= 4 is 46.2 Å². The summed E-state index contributed by atoms with van der Waals surface area (Å²) in [6.07, 6.45) is 2.92. The van der Waals surface area contributed by atoms with Crippen molar-refractivity contribution in [1.82, 2.24) is 4.98 Å². The molecule has 0 aliphatic rings. The van der Waals surface area contributed by atoms with Gasteiger partial charge in [0.15, 0.2) is 0 Å². The molecule has 3 rings (SSSR count). The number of rotatable bonds is 4. The molecule has 0 radical (unpaired) electrons. The van der Waals surface area contributed by atoms with Crippen LogP contribution in [0.3, 0.4) is 0 Å². The number of pyridine rings is 1. The number of amides is 1. The molecule has 0 aliphatic carbocycles. The maximum atomic E-state index is 13.7. The molecule has 1 amide bonds. The zero-order valence-corrected chi connectivity index (χ0v) is 14.3. The van der Waals surface area contributed by atoms with Crippen molar-refractivity contribution in [3.8, 4) is 0 Å². The third kappa shape index (κ3) is 4.26. The maximum absolute atomic E-state index is 13.7. The van der Waals surface area contributed by atoms with Crippen molar-refractivity contribution in [2.45, 2.75) is 0 Å². The lowest BCUT2D eigenvalue weighted by atomic mass is 10.2. The first kappa shape index (κ1) is 17.2. The molecule has 2 N–H and O–H groups in total. The van der Waals surface area contributed by atoms with Crippen LogP contribution in [-0.4, -0.2) is 10.9 Å². The minimum absolute atomic E-state index is 0.298. The molecule has 1 heterocycles. The number of hydrogen-bond acceptors (Lipinski definition) is 3. The quantitative estimate of drug-likeness (QED) is 0.630. The van der Waals surface area contributed by atoms with Crippen LogP contribution in [0.1, 0.15) is 10.4 Å². The van der Waals surface area contributed by atoms with Gasteiger partial charge >= 0.3 is 0 Å². The number of anilines is 3. The molecule has 25 heavy (non-hydrogen) atoms. The number of carbonyl (C=O) groups is 1. The van der Waals surface area contributed by atoms with Crippen molar-refractivity contribution in [2.75, 3.05) is 10.6 Å². The van der Waals surface area contributed by atoms with E-state index < -0.39 is 5.82 Å².